The summed E-state index contributed by atoms with van der Waals surface area (Å²) in [7, 11) is -2.32. The Balaban J connectivity index is 2.40. The van der Waals surface area contributed by atoms with Gasteiger partial charge >= 0.3 is 11.9 Å². The minimum atomic E-state index is -2.33. The van der Waals surface area contributed by atoms with Crippen LogP contribution in [0.25, 0.3) is 0 Å². The molecule has 1 aliphatic heterocycles. The second-order valence-corrected chi connectivity index (χ2v) is 25.4. The fourth-order valence-corrected chi connectivity index (χ4v) is 8.07. The zero-order chi connectivity index (χ0) is 47.4. The number of allylic oxidation sites excluding steroid dienone is 1. The largest absolute Gasteiger partial charge is 0.481 e. The number of benzene rings is 1. The van der Waals surface area contributed by atoms with Crippen LogP contribution in [0.2, 0.25) is 18.1 Å². The number of amides is 1. The maximum absolute atomic E-state index is 14.7. The van der Waals surface area contributed by atoms with Gasteiger partial charge in [-0.15, -0.1) is 5.92 Å². The molecule has 0 saturated carbocycles. The molecular weight excluding hydrogens is 815 g/mol. The van der Waals surface area contributed by atoms with Crippen molar-refractivity contribution in [1.82, 2.24) is 5.32 Å². The Morgan fingerprint density at radius 2 is 1.43 bits per heavy atom. The zero-order valence-corrected chi connectivity index (χ0v) is 42.5. The van der Waals surface area contributed by atoms with E-state index in [1.54, 1.807) is 66.7 Å². The number of rotatable bonds is 27. The Kier molecular flexibility index (Phi) is 23.1. The van der Waals surface area contributed by atoms with Crippen molar-refractivity contribution in [3.63, 3.8) is 0 Å². The van der Waals surface area contributed by atoms with E-state index < -0.39 is 60.7 Å². The number of unbranched alkanes of at least 4 members (excludes halogenated alkanes) is 8. The van der Waals surface area contributed by atoms with Gasteiger partial charge in [0.2, 0.25) is 5.91 Å². The van der Waals surface area contributed by atoms with Crippen molar-refractivity contribution in [1.29, 1.82) is 0 Å². The first-order valence-electron chi connectivity index (χ1n) is 23.6. The molecule has 1 aromatic rings. The van der Waals surface area contributed by atoms with Crippen molar-refractivity contribution < 1.29 is 47.6 Å². The first kappa shape index (κ1) is 55.9. The summed E-state index contributed by atoms with van der Waals surface area (Å²) in [6.07, 6.45) is 15.5. The van der Waals surface area contributed by atoms with Crippen molar-refractivity contribution in [3.05, 3.63) is 42.0 Å². The van der Waals surface area contributed by atoms with E-state index in [1.807, 2.05) is 18.2 Å². The third-order valence-corrected chi connectivity index (χ3v) is 16.2. The third kappa shape index (κ3) is 20.7. The number of aliphatic hydroxyl groups is 1. The van der Waals surface area contributed by atoms with Gasteiger partial charge in [-0.05, 0) is 110 Å². The molecule has 1 aliphatic rings. The highest BCUT2D eigenvalue weighted by atomic mass is 28.4. The number of esters is 2. The molecule has 1 fully saturated rings. The van der Waals surface area contributed by atoms with Crippen LogP contribution < -0.4 is 10.1 Å². The van der Waals surface area contributed by atoms with Gasteiger partial charge in [0, 0.05) is 32.3 Å². The lowest BCUT2D eigenvalue weighted by Crippen LogP contribution is -2.57. The Hall–Kier alpha value is -3.21. The van der Waals surface area contributed by atoms with Crippen LogP contribution in [0, 0.1) is 17.8 Å². The number of hydrogen-bond acceptors (Lipinski definition) is 10. The Morgan fingerprint density at radius 3 is 1.97 bits per heavy atom. The molecule has 0 unspecified atom stereocenters. The fourth-order valence-electron chi connectivity index (χ4n) is 7.02. The van der Waals surface area contributed by atoms with Crippen molar-refractivity contribution in [2.75, 3.05) is 26.4 Å². The first-order chi connectivity index (χ1) is 29.4. The smallest absolute Gasteiger partial charge is 0.339 e. The second-order valence-electron chi connectivity index (χ2n) is 20.6. The summed E-state index contributed by atoms with van der Waals surface area (Å²) in [6, 6.07) is 6.03. The van der Waals surface area contributed by atoms with Gasteiger partial charge in [0.05, 0.1) is 19.1 Å². The quantitative estimate of drug-likeness (QED) is 0.0288. The number of carbonyl (C=O) groups excluding carboxylic acids is 3. The van der Waals surface area contributed by atoms with Crippen molar-refractivity contribution in [3.8, 4) is 17.6 Å². The molecule has 1 heterocycles. The van der Waals surface area contributed by atoms with Gasteiger partial charge in [0.1, 0.15) is 29.6 Å². The van der Waals surface area contributed by atoms with Crippen LogP contribution in [0.3, 0.4) is 0 Å². The highest BCUT2D eigenvalue weighted by molar-refractivity contribution is 6.74. The molecule has 358 valence electrons. The van der Waals surface area contributed by atoms with Crippen LogP contribution in [0.15, 0.2) is 36.4 Å². The third-order valence-electron chi connectivity index (χ3n) is 11.6. The molecular formula is C51H85NO10Si. The van der Waals surface area contributed by atoms with Gasteiger partial charge in [-0.3, -0.25) is 4.79 Å². The number of nitrogens with one attached hydrogen (secondary N) is 1. The van der Waals surface area contributed by atoms with E-state index in [2.05, 4.69) is 57.9 Å². The molecule has 11 nitrogen and oxygen atoms in total. The SMILES string of the molecule is CC#CCOc1ccc(C[C@H](NC(=O)[C@@H](/C=C/CCCCCCC2(CCCCCCC)OCCO2)[C@@](O)(CCO[Si](C)(C)C(C)(C)C)C(=O)OC(C)(C)C)C(=O)OC(C)(C)C)cc1. The Morgan fingerprint density at radius 1 is 0.857 bits per heavy atom. The monoisotopic (exact) mass is 900 g/mol. The van der Waals surface area contributed by atoms with Gasteiger partial charge in [0.25, 0.3) is 0 Å². The molecule has 2 N–H and O–H groups in total. The van der Waals surface area contributed by atoms with E-state index in [1.165, 1.54) is 25.7 Å². The molecule has 0 spiro atoms. The average Bonchev–Trinajstić information content (AvgIpc) is 3.64. The molecule has 3 atom stereocenters. The number of carbonyl (C=O) groups is 3. The highest BCUT2D eigenvalue weighted by Gasteiger charge is 2.50. The molecule has 0 radical (unpaired) electrons. The average molecular weight is 900 g/mol. The molecule has 1 saturated heterocycles. The highest BCUT2D eigenvalue weighted by Crippen LogP contribution is 2.38. The predicted octanol–water partition coefficient (Wildman–Crippen LogP) is 10.6. The lowest BCUT2D eigenvalue weighted by atomic mass is 9.82. The van der Waals surface area contributed by atoms with Crippen molar-refractivity contribution in [2.24, 2.45) is 5.92 Å². The van der Waals surface area contributed by atoms with Crippen LogP contribution in [-0.2, 0) is 44.2 Å². The summed E-state index contributed by atoms with van der Waals surface area (Å²) in [5.74, 6) is 2.09. The van der Waals surface area contributed by atoms with Crippen LogP contribution >= 0.6 is 0 Å². The van der Waals surface area contributed by atoms with Gasteiger partial charge in [-0.2, -0.15) is 0 Å². The molecule has 0 aromatic heterocycles. The molecule has 2 rings (SSSR count). The van der Waals surface area contributed by atoms with E-state index in [-0.39, 0.29) is 31.1 Å². The molecule has 0 bridgehead atoms. The van der Waals surface area contributed by atoms with Crippen LogP contribution in [0.5, 0.6) is 5.75 Å². The van der Waals surface area contributed by atoms with E-state index >= 15 is 0 Å². The van der Waals surface area contributed by atoms with E-state index in [9.17, 15) is 19.5 Å². The van der Waals surface area contributed by atoms with Gasteiger partial charge in [-0.25, -0.2) is 9.59 Å². The summed E-state index contributed by atoms with van der Waals surface area (Å²) in [6.45, 7) is 26.5. The van der Waals surface area contributed by atoms with Gasteiger partial charge in [-0.1, -0.05) is 96.4 Å². The Labute approximate surface area is 382 Å². The lowest BCUT2D eigenvalue weighted by molar-refractivity contribution is -0.185. The summed E-state index contributed by atoms with van der Waals surface area (Å²) in [4.78, 5) is 42.7. The molecule has 1 aromatic carbocycles. The van der Waals surface area contributed by atoms with E-state index in [0.29, 0.717) is 25.4 Å². The van der Waals surface area contributed by atoms with E-state index in [0.717, 1.165) is 50.5 Å². The number of hydrogen-bond donors (Lipinski definition) is 2. The standard InChI is InChI=1S/C51H85NO10Si/c1-14-16-18-22-25-32-50(58-37-38-59-50)33-26-23-20-19-21-24-27-42(51(56,46(55)62-48(6,7)8)34-36-60-63(12,13)49(9,10)11)44(53)52-43(45(54)61-47(3,4)5)39-40-28-30-41(31-29-40)57-35-17-15-2/h24,27-31,42-43,56H,14,16,18-23,25-26,32-39H2,1-13H3,(H,52,53)/b27-24+/t42-,43+,51+/m1/s1. The summed E-state index contributed by atoms with van der Waals surface area (Å²) >= 11 is 0. The molecule has 12 heteroatoms. The topological polar surface area (TPSA) is 139 Å². The van der Waals surface area contributed by atoms with Crippen molar-refractivity contribution in [2.45, 2.75) is 213 Å². The molecule has 1 amide bonds. The Bertz CT molecular complexity index is 1620. The van der Waals surface area contributed by atoms with Gasteiger partial charge < -0.3 is 38.5 Å². The zero-order valence-electron chi connectivity index (χ0n) is 41.5. The van der Waals surface area contributed by atoms with E-state index in [4.69, 9.17) is 28.1 Å². The van der Waals surface area contributed by atoms with Crippen molar-refractivity contribution >= 4 is 26.2 Å². The normalized spacial score (nSPS) is 16.4. The minimum Gasteiger partial charge on any atom is -0.481 e. The van der Waals surface area contributed by atoms with Gasteiger partial charge in [0.15, 0.2) is 19.7 Å². The van der Waals surface area contributed by atoms with Crippen LogP contribution in [-0.4, -0.2) is 86.3 Å². The summed E-state index contributed by atoms with van der Waals surface area (Å²) in [5.41, 5.74) is -3.40. The van der Waals surface area contributed by atoms with Crippen LogP contribution in [0.4, 0.5) is 0 Å². The fraction of sp³-hybridized carbons (Fsp3) is 0.745. The maximum atomic E-state index is 14.7. The minimum absolute atomic E-state index is 0.0191. The predicted molar refractivity (Wildman–Crippen MR) is 254 cm³/mol. The number of ether oxygens (including phenoxy) is 5. The summed E-state index contributed by atoms with van der Waals surface area (Å²) < 4.78 is 36.0. The molecule has 0 aliphatic carbocycles. The summed E-state index contributed by atoms with van der Waals surface area (Å²) in [5, 5.41) is 15.4. The first-order valence-corrected chi connectivity index (χ1v) is 26.5. The van der Waals surface area contributed by atoms with Crippen LogP contribution in [0.1, 0.15) is 165 Å². The second kappa shape index (κ2) is 26.1. The maximum Gasteiger partial charge on any atom is 0.339 e. The molecule has 63 heavy (non-hydrogen) atoms. The lowest BCUT2D eigenvalue weighted by Gasteiger charge is -2.39.